The highest BCUT2D eigenvalue weighted by Crippen LogP contribution is 2.38. The van der Waals surface area contributed by atoms with Gasteiger partial charge in [0.2, 0.25) is 0 Å². The molecule has 1 aliphatic rings. The smallest absolute Gasteiger partial charge is 0.120 e. The summed E-state index contributed by atoms with van der Waals surface area (Å²) in [7, 11) is 0. The van der Waals surface area contributed by atoms with Gasteiger partial charge in [0.05, 0.1) is 12.2 Å². The Balaban J connectivity index is 2.19. The van der Waals surface area contributed by atoms with Crippen LogP contribution in [0.4, 0.5) is 0 Å². The van der Waals surface area contributed by atoms with Gasteiger partial charge < -0.3 is 9.53 Å². The van der Waals surface area contributed by atoms with Crippen molar-refractivity contribution in [2.45, 2.75) is 51.2 Å². The van der Waals surface area contributed by atoms with Gasteiger partial charge in [-0.05, 0) is 56.2 Å². The molecule has 2 rings (SSSR count). The summed E-state index contributed by atoms with van der Waals surface area (Å²) in [6.45, 7) is 4.23. The Kier molecular flexibility index (Phi) is 5.00. The summed E-state index contributed by atoms with van der Waals surface area (Å²) < 4.78 is 5.79. The summed E-state index contributed by atoms with van der Waals surface area (Å²) in [6, 6.07) is 7.89. The van der Waals surface area contributed by atoms with E-state index in [4.69, 9.17) is 16.3 Å². The van der Waals surface area contributed by atoms with Crippen LogP contribution in [0.3, 0.4) is 0 Å². The second kappa shape index (κ2) is 6.53. The van der Waals surface area contributed by atoms with Gasteiger partial charge in [0.25, 0.3) is 0 Å². The molecular formula is C16H21ClO2. The second-order valence-electron chi connectivity index (χ2n) is 5.55. The molecule has 0 saturated carbocycles. The minimum Gasteiger partial charge on any atom is -0.376 e. The van der Waals surface area contributed by atoms with Crippen molar-refractivity contribution >= 4 is 17.9 Å². The minimum atomic E-state index is 0.273. The molecule has 3 heteroatoms. The Labute approximate surface area is 120 Å². The highest BCUT2D eigenvalue weighted by Gasteiger charge is 2.31. The van der Waals surface area contributed by atoms with E-state index in [1.807, 2.05) is 24.3 Å². The number of ether oxygens (including phenoxy) is 1. The fraction of sp³-hybridized carbons (Fsp3) is 0.562. The van der Waals surface area contributed by atoms with Gasteiger partial charge in [-0.3, -0.25) is 0 Å². The van der Waals surface area contributed by atoms with Crippen LogP contribution in [0.25, 0.3) is 0 Å². The van der Waals surface area contributed by atoms with Crippen molar-refractivity contribution in [2.24, 2.45) is 5.92 Å². The van der Waals surface area contributed by atoms with Gasteiger partial charge in [-0.15, -0.1) is 0 Å². The molecule has 1 aromatic rings. The van der Waals surface area contributed by atoms with E-state index in [9.17, 15) is 4.79 Å². The van der Waals surface area contributed by atoms with E-state index in [2.05, 4.69) is 13.8 Å². The van der Waals surface area contributed by atoms with Crippen molar-refractivity contribution in [3.05, 3.63) is 34.9 Å². The van der Waals surface area contributed by atoms with E-state index < -0.39 is 0 Å². The molecule has 1 fully saturated rings. The zero-order valence-electron chi connectivity index (χ0n) is 11.5. The molecule has 1 heterocycles. The molecular weight excluding hydrogens is 260 g/mol. The highest BCUT2D eigenvalue weighted by atomic mass is 35.5. The molecule has 0 radical (unpaired) electrons. The average molecular weight is 281 g/mol. The predicted molar refractivity (Wildman–Crippen MR) is 77.6 cm³/mol. The number of carbonyl (C=O) groups is 1. The van der Waals surface area contributed by atoms with Crippen LogP contribution in [-0.2, 0) is 9.53 Å². The quantitative estimate of drug-likeness (QED) is 0.772. The summed E-state index contributed by atoms with van der Waals surface area (Å²) in [4.78, 5) is 11.0. The summed E-state index contributed by atoms with van der Waals surface area (Å²) in [6.07, 6.45) is 4.19. The van der Waals surface area contributed by atoms with E-state index in [0.717, 1.165) is 24.2 Å². The molecule has 0 N–H and O–H groups in total. The summed E-state index contributed by atoms with van der Waals surface area (Å²) in [5.74, 6) is 0.786. The Morgan fingerprint density at radius 3 is 2.37 bits per heavy atom. The van der Waals surface area contributed by atoms with Crippen molar-refractivity contribution in [1.29, 1.82) is 0 Å². The van der Waals surface area contributed by atoms with Crippen LogP contribution >= 0.6 is 11.6 Å². The average Bonchev–Trinajstić information content (AvgIpc) is 2.36. The molecule has 1 aliphatic heterocycles. The number of benzene rings is 1. The second-order valence-corrected chi connectivity index (χ2v) is 5.99. The zero-order chi connectivity index (χ0) is 13.8. The molecule has 0 aliphatic carbocycles. The summed E-state index contributed by atoms with van der Waals surface area (Å²) in [5.41, 5.74) is 1.21. The van der Waals surface area contributed by atoms with E-state index in [1.54, 1.807) is 0 Å². The standard InChI is InChI=1S/C16H21ClO2/c1-11-9-14(10-12(2)19-11)16(7-8-18)13-3-5-15(17)6-4-13/h3-6,8,11-12,14,16H,7,9-10H2,1-2H3. The first-order valence-electron chi connectivity index (χ1n) is 6.94. The van der Waals surface area contributed by atoms with Crippen LogP contribution in [0.15, 0.2) is 24.3 Å². The third-order valence-electron chi connectivity index (χ3n) is 3.95. The number of aldehydes is 1. The lowest BCUT2D eigenvalue weighted by atomic mass is 9.77. The Hall–Kier alpha value is -0.860. The lowest BCUT2D eigenvalue weighted by molar-refractivity contribution is -0.109. The van der Waals surface area contributed by atoms with Crippen LogP contribution in [0.2, 0.25) is 5.02 Å². The molecule has 0 bridgehead atoms. The maximum atomic E-state index is 11.0. The number of hydrogen-bond acceptors (Lipinski definition) is 2. The lowest BCUT2D eigenvalue weighted by Gasteiger charge is -2.36. The van der Waals surface area contributed by atoms with Gasteiger partial charge in [0, 0.05) is 11.4 Å². The molecule has 3 unspecified atom stereocenters. The Morgan fingerprint density at radius 2 is 1.84 bits per heavy atom. The maximum Gasteiger partial charge on any atom is 0.120 e. The Bertz CT molecular complexity index is 405. The van der Waals surface area contributed by atoms with Crippen molar-refractivity contribution in [3.63, 3.8) is 0 Å². The molecule has 0 amide bonds. The first-order valence-corrected chi connectivity index (χ1v) is 7.32. The molecule has 3 atom stereocenters. The number of carbonyl (C=O) groups excluding carboxylic acids is 1. The van der Waals surface area contributed by atoms with Crippen molar-refractivity contribution < 1.29 is 9.53 Å². The fourth-order valence-electron chi connectivity index (χ4n) is 3.20. The predicted octanol–water partition coefficient (Wildman–Crippen LogP) is 4.22. The van der Waals surface area contributed by atoms with Gasteiger partial charge in [-0.1, -0.05) is 23.7 Å². The van der Waals surface area contributed by atoms with Crippen LogP contribution in [0.1, 0.15) is 44.6 Å². The first-order chi connectivity index (χ1) is 9.10. The van der Waals surface area contributed by atoms with E-state index in [1.165, 1.54) is 5.56 Å². The largest absolute Gasteiger partial charge is 0.376 e. The maximum absolute atomic E-state index is 11.0. The first kappa shape index (κ1) is 14.5. The SMILES string of the molecule is CC1CC(C(CC=O)c2ccc(Cl)cc2)CC(C)O1. The van der Waals surface area contributed by atoms with E-state index in [-0.39, 0.29) is 18.1 Å². The normalized spacial score (nSPS) is 28.9. The molecule has 2 nitrogen and oxygen atoms in total. The monoisotopic (exact) mass is 280 g/mol. The van der Waals surface area contributed by atoms with E-state index in [0.29, 0.717) is 12.3 Å². The molecule has 104 valence electrons. The molecule has 1 aromatic carbocycles. The van der Waals surface area contributed by atoms with Gasteiger partial charge >= 0.3 is 0 Å². The number of rotatable bonds is 4. The highest BCUT2D eigenvalue weighted by molar-refractivity contribution is 6.30. The number of halogens is 1. The van der Waals surface area contributed by atoms with Crippen LogP contribution in [0.5, 0.6) is 0 Å². The lowest BCUT2D eigenvalue weighted by Crippen LogP contribution is -2.32. The van der Waals surface area contributed by atoms with Crippen LogP contribution < -0.4 is 0 Å². The van der Waals surface area contributed by atoms with Gasteiger partial charge in [-0.2, -0.15) is 0 Å². The fourth-order valence-corrected chi connectivity index (χ4v) is 3.33. The number of hydrogen-bond donors (Lipinski definition) is 0. The zero-order valence-corrected chi connectivity index (χ0v) is 12.3. The molecule has 0 spiro atoms. The third-order valence-corrected chi connectivity index (χ3v) is 4.20. The summed E-state index contributed by atoms with van der Waals surface area (Å²) >= 11 is 5.94. The molecule has 19 heavy (non-hydrogen) atoms. The van der Waals surface area contributed by atoms with Gasteiger partial charge in [0.1, 0.15) is 6.29 Å². The van der Waals surface area contributed by atoms with Gasteiger partial charge in [-0.25, -0.2) is 0 Å². The minimum absolute atomic E-state index is 0.273. The topological polar surface area (TPSA) is 26.3 Å². The van der Waals surface area contributed by atoms with Crippen molar-refractivity contribution in [2.75, 3.05) is 0 Å². The van der Waals surface area contributed by atoms with Gasteiger partial charge in [0.15, 0.2) is 0 Å². The van der Waals surface area contributed by atoms with Crippen molar-refractivity contribution in [3.8, 4) is 0 Å². The third kappa shape index (κ3) is 3.80. The van der Waals surface area contributed by atoms with Crippen molar-refractivity contribution in [1.82, 2.24) is 0 Å². The van der Waals surface area contributed by atoms with E-state index >= 15 is 0 Å². The van der Waals surface area contributed by atoms with Crippen LogP contribution in [0, 0.1) is 5.92 Å². The molecule has 1 saturated heterocycles. The Morgan fingerprint density at radius 1 is 1.26 bits per heavy atom. The summed E-state index contributed by atoms with van der Waals surface area (Å²) in [5, 5.41) is 0.738. The molecule has 0 aromatic heterocycles. The van der Waals surface area contributed by atoms with Crippen LogP contribution in [-0.4, -0.2) is 18.5 Å².